The van der Waals surface area contributed by atoms with Gasteiger partial charge in [-0.15, -0.1) is 0 Å². The van der Waals surface area contributed by atoms with E-state index >= 15 is 0 Å². The molecule has 1 aromatic heterocycles. The van der Waals surface area contributed by atoms with E-state index in [1.807, 2.05) is 60.7 Å². The van der Waals surface area contributed by atoms with Crippen molar-refractivity contribution in [1.29, 1.82) is 0 Å². The predicted octanol–water partition coefficient (Wildman–Crippen LogP) is 6.46. The summed E-state index contributed by atoms with van der Waals surface area (Å²) in [4.78, 5) is 16.9. The minimum absolute atomic E-state index is 0.0405. The fourth-order valence-corrected chi connectivity index (χ4v) is 4.31. The average molecular weight is 520 g/mol. The average Bonchev–Trinajstić information content (AvgIpc) is 3.28. The van der Waals surface area contributed by atoms with Gasteiger partial charge >= 0.3 is 0 Å². The zero-order valence-corrected chi connectivity index (χ0v) is 21.8. The molecular formula is C30H34ClN3O3. The molecular weight excluding hydrogens is 486 g/mol. The van der Waals surface area contributed by atoms with E-state index in [4.69, 9.17) is 26.1 Å². The molecule has 0 aliphatic rings. The molecule has 0 aliphatic heterocycles. The van der Waals surface area contributed by atoms with Crippen molar-refractivity contribution in [2.45, 2.75) is 45.1 Å². The number of imidazole rings is 1. The Morgan fingerprint density at radius 1 is 0.811 bits per heavy atom. The molecule has 0 radical (unpaired) electrons. The molecule has 0 unspecified atom stereocenters. The number of hydrogen-bond donors (Lipinski definition) is 1. The molecule has 0 bridgehead atoms. The van der Waals surface area contributed by atoms with Crippen molar-refractivity contribution in [3.05, 3.63) is 89.7 Å². The Balaban J connectivity index is 1.16. The molecule has 194 valence electrons. The van der Waals surface area contributed by atoms with Crippen LogP contribution in [0.2, 0.25) is 5.02 Å². The van der Waals surface area contributed by atoms with Gasteiger partial charge < -0.3 is 19.4 Å². The number of fused-ring (bicyclic) bond motifs is 1. The molecule has 0 atom stereocenters. The Hall–Kier alpha value is -3.51. The molecule has 1 N–H and O–H groups in total. The van der Waals surface area contributed by atoms with E-state index in [0.29, 0.717) is 23.9 Å². The van der Waals surface area contributed by atoms with Crippen LogP contribution >= 0.6 is 11.6 Å². The van der Waals surface area contributed by atoms with E-state index in [2.05, 4.69) is 28.1 Å². The van der Waals surface area contributed by atoms with Gasteiger partial charge in [0.25, 0.3) is 5.91 Å². The number of nitrogens with one attached hydrogen (secondary N) is 1. The first-order valence-corrected chi connectivity index (χ1v) is 13.3. The van der Waals surface area contributed by atoms with Crippen molar-refractivity contribution in [2.75, 3.05) is 19.8 Å². The van der Waals surface area contributed by atoms with Gasteiger partial charge in [0.1, 0.15) is 17.3 Å². The maximum Gasteiger partial charge on any atom is 0.257 e. The molecule has 0 saturated carbocycles. The third-order valence-electron chi connectivity index (χ3n) is 6.10. The summed E-state index contributed by atoms with van der Waals surface area (Å²) in [5, 5.41) is 3.65. The summed E-state index contributed by atoms with van der Waals surface area (Å²) >= 11 is 5.93. The number of carbonyl (C=O) groups excluding carboxylic acids is 1. The molecule has 6 nitrogen and oxygen atoms in total. The van der Waals surface area contributed by atoms with Crippen LogP contribution in [0.25, 0.3) is 11.0 Å². The number of halogens is 1. The largest absolute Gasteiger partial charge is 0.494 e. The standard InChI is InChI=1S/C30H34ClN3O3/c31-24-16-18-26(19-17-24)36-22-10-9-21-34-28-14-7-6-13-27(28)33-29(34)15-5-2-8-20-32-30(35)23-37-25-11-3-1-4-12-25/h1,3-4,6-7,11-14,16-19H,2,5,8-10,15,20-23H2,(H,32,35). The molecule has 4 aromatic rings. The monoisotopic (exact) mass is 519 g/mol. The first kappa shape index (κ1) is 26.6. The van der Waals surface area contributed by atoms with Crippen LogP contribution in [-0.2, 0) is 17.8 Å². The summed E-state index contributed by atoms with van der Waals surface area (Å²) in [5.74, 6) is 2.58. The minimum atomic E-state index is -0.0920. The highest BCUT2D eigenvalue weighted by atomic mass is 35.5. The lowest BCUT2D eigenvalue weighted by molar-refractivity contribution is -0.123. The molecule has 1 heterocycles. The summed E-state index contributed by atoms with van der Waals surface area (Å²) in [6, 6.07) is 25.2. The molecule has 37 heavy (non-hydrogen) atoms. The Morgan fingerprint density at radius 3 is 2.41 bits per heavy atom. The van der Waals surface area contributed by atoms with Crippen LogP contribution in [0, 0.1) is 0 Å². The van der Waals surface area contributed by atoms with E-state index in [9.17, 15) is 4.79 Å². The highest BCUT2D eigenvalue weighted by Gasteiger charge is 2.10. The maximum atomic E-state index is 12.0. The summed E-state index contributed by atoms with van der Waals surface area (Å²) < 4.78 is 13.7. The molecule has 4 rings (SSSR count). The predicted molar refractivity (Wildman–Crippen MR) is 148 cm³/mol. The Morgan fingerprint density at radius 2 is 1.57 bits per heavy atom. The maximum absolute atomic E-state index is 12.0. The van der Waals surface area contributed by atoms with Crippen LogP contribution in [0.15, 0.2) is 78.9 Å². The number of nitrogens with zero attached hydrogens (tertiary/aromatic N) is 2. The first-order chi connectivity index (χ1) is 18.2. The third-order valence-corrected chi connectivity index (χ3v) is 6.36. The number of hydrogen-bond acceptors (Lipinski definition) is 4. The zero-order chi connectivity index (χ0) is 25.7. The van der Waals surface area contributed by atoms with E-state index in [0.717, 1.165) is 62.2 Å². The summed E-state index contributed by atoms with van der Waals surface area (Å²) in [5.41, 5.74) is 2.22. The van der Waals surface area contributed by atoms with Gasteiger partial charge in [-0.1, -0.05) is 48.4 Å². The number of ether oxygens (including phenoxy) is 2. The van der Waals surface area contributed by atoms with Crippen LogP contribution in [0.3, 0.4) is 0 Å². The first-order valence-electron chi connectivity index (χ1n) is 13.0. The smallest absolute Gasteiger partial charge is 0.257 e. The summed E-state index contributed by atoms with van der Waals surface area (Å²) in [7, 11) is 0. The van der Waals surface area contributed by atoms with E-state index in [1.54, 1.807) is 0 Å². The van der Waals surface area contributed by atoms with Crippen molar-refractivity contribution in [3.63, 3.8) is 0 Å². The second-order valence-electron chi connectivity index (χ2n) is 8.94. The van der Waals surface area contributed by atoms with E-state index in [-0.39, 0.29) is 12.5 Å². The van der Waals surface area contributed by atoms with Gasteiger partial charge in [0.2, 0.25) is 0 Å². The topological polar surface area (TPSA) is 65.4 Å². The highest BCUT2D eigenvalue weighted by molar-refractivity contribution is 6.30. The SMILES string of the molecule is O=C(COc1ccccc1)NCCCCCc1nc2ccccc2n1CCCCOc1ccc(Cl)cc1. The van der Waals surface area contributed by atoms with E-state index < -0.39 is 0 Å². The van der Waals surface area contributed by atoms with Crippen LogP contribution < -0.4 is 14.8 Å². The Labute approximate surface area is 223 Å². The van der Waals surface area contributed by atoms with Crippen LogP contribution in [0.4, 0.5) is 0 Å². The second kappa shape index (κ2) is 14.3. The van der Waals surface area contributed by atoms with Crippen molar-refractivity contribution < 1.29 is 14.3 Å². The highest BCUT2D eigenvalue weighted by Crippen LogP contribution is 2.20. The number of aryl methyl sites for hydroxylation is 2. The van der Waals surface area contributed by atoms with Gasteiger partial charge in [0, 0.05) is 24.5 Å². The number of unbranched alkanes of at least 4 members (excludes halogenated alkanes) is 3. The lowest BCUT2D eigenvalue weighted by atomic mass is 10.2. The van der Waals surface area contributed by atoms with Crippen LogP contribution in [0.1, 0.15) is 37.9 Å². The normalized spacial score (nSPS) is 10.9. The molecule has 0 aliphatic carbocycles. The summed E-state index contributed by atoms with van der Waals surface area (Å²) in [6.45, 7) is 2.28. The molecule has 0 fully saturated rings. The van der Waals surface area contributed by atoms with Crippen molar-refractivity contribution in [1.82, 2.24) is 14.9 Å². The van der Waals surface area contributed by atoms with Crippen LogP contribution in [-0.4, -0.2) is 35.2 Å². The lowest BCUT2D eigenvalue weighted by Crippen LogP contribution is -2.29. The summed E-state index contributed by atoms with van der Waals surface area (Å²) in [6.07, 6.45) is 5.87. The van der Waals surface area contributed by atoms with Crippen molar-refractivity contribution in [3.8, 4) is 11.5 Å². The second-order valence-corrected chi connectivity index (χ2v) is 9.38. The fraction of sp³-hybridized carbons (Fsp3) is 0.333. The van der Waals surface area contributed by atoms with Crippen LogP contribution in [0.5, 0.6) is 11.5 Å². The number of aromatic nitrogens is 2. The minimum Gasteiger partial charge on any atom is -0.494 e. The van der Waals surface area contributed by atoms with Crippen molar-refractivity contribution in [2.24, 2.45) is 0 Å². The van der Waals surface area contributed by atoms with Crippen molar-refractivity contribution >= 4 is 28.5 Å². The fourth-order valence-electron chi connectivity index (χ4n) is 4.19. The lowest BCUT2D eigenvalue weighted by Gasteiger charge is -2.11. The number of benzene rings is 3. The van der Waals surface area contributed by atoms with Gasteiger partial charge in [-0.25, -0.2) is 4.98 Å². The van der Waals surface area contributed by atoms with Gasteiger partial charge in [-0.2, -0.15) is 0 Å². The quantitative estimate of drug-likeness (QED) is 0.183. The van der Waals surface area contributed by atoms with Gasteiger partial charge in [-0.05, 0) is 74.2 Å². The van der Waals surface area contributed by atoms with Gasteiger partial charge in [0.15, 0.2) is 6.61 Å². The third kappa shape index (κ3) is 8.53. The molecule has 0 spiro atoms. The molecule has 1 amide bonds. The number of rotatable bonds is 15. The molecule has 0 saturated heterocycles. The van der Waals surface area contributed by atoms with Gasteiger partial charge in [0.05, 0.1) is 17.6 Å². The Bertz CT molecular complexity index is 1240. The number of carbonyl (C=O) groups is 1. The zero-order valence-electron chi connectivity index (χ0n) is 21.1. The Kier molecular flexibility index (Phi) is 10.3. The molecule has 7 heteroatoms. The van der Waals surface area contributed by atoms with E-state index in [1.165, 1.54) is 5.52 Å². The molecule has 3 aromatic carbocycles. The number of para-hydroxylation sites is 3. The number of amides is 1. The van der Waals surface area contributed by atoms with Gasteiger partial charge in [-0.3, -0.25) is 4.79 Å².